The highest BCUT2D eigenvalue weighted by Gasteiger charge is 2.32. The Morgan fingerprint density at radius 2 is 1.96 bits per heavy atom. The maximum absolute atomic E-state index is 12.5. The van der Waals surface area contributed by atoms with Crippen LogP contribution in [0, 0.1) is 0 Å². The molecule has 0 bridgehead atoms. The summed E-state index contributed by atoms with van der Waals surface area (Å²) in [5.74, 6) is 1.17. The van der Waals surface area contributed by atoms with Crippen LogP contribution in [0.4, 0.5) is 5.69 Å². The molecule has 1 N–H and O–H groups in total. The molecule has 2 aromatic rings. The molecule has 0 aliphatic carbocycles. The quantitative estimate of drug-likeness (QED) is 0.867. The fraction of sp³-hybridized carbons (Fsp3) is 0.316. The van der Waals surface area contributed by atoms with Gasteiger partial charge in [0, 0.05) is 18.2 Å². The van der Waals surface area contributed by atoms with Crippen LogP contribution in [0.15, 0.2) is 36.4 Å². The van der Waals surface area contributed by atoms with Crippen molar-refractivity contribution < 1.29 is 22.7 Å². The lowest BCUT2D eigenvalue weighted by atomic mass is 10.1. The van der Waals surface area contributed by atoms with Gasteiger partial charge in [-0.1, -0.05) is 6.07 Å². The van der Waals surface area contributed by atoms with E-state index in [1.807, 2.05) is 25.1 Å². The topological polar surface area (TPSA) is 84.9 Å². The Kier molecular flexibility index (Phi) is 4.22. The van der Waals surface area contributed by atoms with Crippen molar-refractivity contribution in [2.75, 3.05) is 17.4 Å². The lowest BCUT2D eigenvalue weighted by Crippen LogP contribution is -2.34. The highest BCUT2D eigenvalue weighted by Crippen LogP contribution is 2.35. The molecule has 0 fully saturated rings. The second-order valence-corrected chi connectivity index (χ2v) is 8.69. The minimum Gasteiger partial charge on any atom is -0.454 e. The number of nitrogens with zero attached hydrogens (tertiary/aromatic N) is 1. The third-order valence-corrected chi connectivity index (χ3v) is 6.01. The monoisotopic (exact) mass is 388 g/mol. The van der Waals surface area contributed by atoms with E-state index in [1.165, 1.54) is 10.6 Å². The van der Waals surface area contributed by atoms with Gasteiger partial charge in [0.05, 0.1) is 11.9 Å². The first kappa shape index (κ1) is 17.7. The summed E-state index contributed by atoms with van der Waals surface area (Å²) in [6, 6.07) is 10.5. The van der Waals surface area contributed by atoms with Crippen molar-refractivity contribution in [3.63, 3.8) is 0 Å². The smallest absolute Gasteiger partial charge is 0.251 e. The number of nitrogens with one attached hydrogen (secondary N) is 1. The van der Waals surface area contributed by atoms with Gasteiger partial charge in [0.15, 0.2) is 11.5 Å². The second-order valence-electron chi connectivity index (χ2n) is 6.83. The molecule has 0 spiro atoms. The van der Waals surface area contributed by atoms with E-state index in [2.05, 4.69) is 5.32 Å². The van der Waals surface area contributed by atoms with Crippen LogP contribution in [0.3, 0.4) is 0 Å². The summed E-state index contributed by atoms with van der Waals surface area (Å²) in [5, 5.41) is 2.88. The Labute approximate surface area is 157 Å². The molecular formula is C19H20N2O5S. The molecule has 1 atom stereocenters. The van der Waals surface area contributed by atoms with E-state index in [9.17, 15) is 13.2 Å². The summed E-state index contributed by atoms with van der Waals surface area (Å²) in [4.78, 5) is 12.5. The number of rotatable bonds is 4. The van der Waals surface area contributed by atoms with Crippen molar-refractivity contribution in [3.05, 3.63) is 53.1 Å². The van der Waals surface area contributed by atoms with Crippen molar-refractivity contribution in [1.29, 1.82) is 0 Å². The molecule has 4 rings (SSSR count). The number of sulfonamides is 1. The summed E-state index contributed by atoms with van der Waals surface area (Å²) in [5.41, 5.74) is 2.93. The Hall–Kier alpha value is -2.74. The summed E-state index contributed by atoms with van der Waals surface area (Å²) in [6.45, 7) is 2.43. The van der Waals surface area contributed by atoms with Gasteiger partial charge >= 0.3 is 0 Å². The van der Waals surface area contributed by atoms with Gasteiger partial charge in [-0.3, -0.25) is 9.10 Å². The second kappa shape index (κ2) is 6.45. The van der Waals surface area contributed by atoms with Crippen molar-refractivity contribution in [3.8, 4) is 11.5 Å². The first-order chi connectivity index (χ1) is 12.8. The predicted octanol–water partition coefficient (Wildman–Crippen LogP) is 2.06. The third kappa shape index (κ3) is 3.32. The van der Waals surface area contributed by atoms with E-state index in [1.54, 1.807) is 18.2 Å². The van der Waals surface area contributed by atoms with Crippen LogP contribution in [-0.4, -0.2) is 33.4 Å². The Morgan fingerprint density at radius 1 is 1.19 bits per heavy atom. The number of amides is 1. The van der Waals surface area contributed by atoms with Crippen molar-refractivity contribution in [2.45, 2.75) is 25.9 Å². The molecule has 2 aliphatic heterocycles. The van der Waals surface area contributed by atoms with Crippen molar-refractivity contribution >= 4 is 21.6 Å². The average Bonchev–Trinajstić information content (AvgIpc) is 3.20. The predicted molar refractivity (Wildman–Crippen MR) is 101 cm³/mol. The molecule has 7 nitrogen and oxygen atoms in total. The maximum Gasteiger partial charge on any atom is 0.251 e. The fourth-order valence-electron chi connectivity index (χ4n) is 3.58. The summed E-state index contributed by atoms with van der Waals surface area (Å²) >= 11 is 0. The molecule has 1 amide bonds. The molecule has 142 valence electrons. The normalized spacial score (nSPS) is 17.7. The van der Waals surface area contributed by atoms with Crippen molar-refractivity contribution in [1.82, 2.24) is 5.32 Å². The first-order valence-electron chi connectivity index (χ1n) is 8.62. The molecule has 0 aromatic heterocycles. The largest absolute Gasteiger partial charge is 0.454 e. The van der Waals surface area contributed by atoms with Gasteiger partial charge in [-0.25, -0.2) is 8.42 Å². The molecule has 8 heteroatoms. The Morgan fingerprint density at radius 3 is 2.74 bits per heavy atom. The van der Waals surface area contributed by atoms with E-state index < -0.39 is 10.0 Å². The van der Waals surface area contributed by atoms with E-state index >= 15 is 0 Å². The summed E-state index contributed by atoms with van der Waals surface area (Å²) < 4.78 is 36.0. The minimum absolute atomic E-state index is 0.151. The number of hydrogen-bond donors (Lipinski definition) is 1. The summed E-state index contributed by atoms with van der Waals surface area (Å²) in [6.07, 6.45) is 1.79. The van der Waals surface area contributed by atoms with E-state index in [-0.39, 0.29) is 18.7 Å². The van der Waals surface area contributed by atoms with Crippen LogP contribution in [0.25, 0.3) is 0 Å². The van der Waals surface area contributed by atoms with Gasteiger partial charge in [-0.05, 0) is 54.8 Å². The number of carbonyl (C=O) groups excluding carboxylic acids is 1. The van der Waals surface area contributed by atoms with Crippen LogP contribution < -0.4 is 19.1 Å². The van der Waals surface area contributed by atoms with Crippen LogP contribution >= 0.6 is 0 Å². The molecule has 27 heavy (non-hydrogen) atoms. The number of hydrogen-bond acceptors (Lipinski definition) is 5. The number of anilines is 1. The van der Waals surface area contributed by atoms with Crippen LogP contribution in [-0.2, 0) is 23.0 Å². The molecule has 0 saturated carbocycles. The number of ether oxygens (including phenoxy) is 2. The molecule has 2 aromatic carbocycles. The lowest BCUT2D eigenvalue weighted by molar-refractivity contribution is 0.0950. The zero-order valence-corrected chi connectivity index (χ0v) is 15.9. The zero-order chi connectivity index (χ0) is 19.2. The standard InChI is InChI=1S/C19H20N2O5S/c1-12-7-15-9-14(4-5-16(15)21(12)27(2,23)24)19(22)20-10-13-3-6-17-18(8-13)26-11-25-17/h3-6,8-9,12H,7,10-11H2,1-2H3,(H,20,22)/t12-/m0/s1. The van der Waals surface area contributed by atoms with Gasteiger partial charge in [-0.15, -0.1) is 0 Å². The number of fused-ring (bicyclic) bond motifs is 2. The van der Waals surface area contributed by atoms with Crippen molar-refractivity contribution in [2.24, 2.45) is 0 Å². The van der Waals surface area contributed by atoms with E-state index in [0.717, 1.165) is 11.1 Å². The average molecular weight is 388 g/mol. The number of benzene rings is 2. The fourth-order valence-corrected chi connectivity index (χ4v) is 4.85. The molecule has 2 heterocycles. The number of carbonyl (C=O) groups is 1. The van der Waals surface area contributed by atoms with E-state index in [4.69, 9.17) is 9.47 Å². The highest BCUT2D eigenvalue weighted by molar-refractivity contribution is 7.92. The van der Waals surface area contributed by atoms with Gasteiger partial charge < -0.3 is 14.8 Å². The third-order valence-electron chi connectivity index (χ3n) is 4.74. The molecule has 2 aliphatic rings. The maximum atomic E-state index is 12.5. The molecule has 0 saturated heterocycles. The van der Waals surface area contributed by atoms with Crippen LogP contribution in [0.5, 0.6) is 11.5 Å². The molecule has 0 unspecified atom stereocenters. The van der Waals surface area contributed by atoms with E-state index in [0.29, 0.717) is 35.7 Å². The summed E-state index contributed by atoms with van der Waals surface area (Å²) in [7, 11) is -3.34. The van der Waals surface area contributed by atoms with Gasteiger partial charge in [-0.2, -0.15) is 0 Å². The Bertz CT molecular complexity index is 1020. The van der Waals surface area contributed by atoms with Crippen LogP contribution in [0.1, 0.15) is 28.4 Å². The van der Waals surface area contributed by atoms with Gasteiger partial charge in [0.2, 0.25) is 16.8 Å². The van der Waals surface area contributed by atoms with Crippen LogP contribution in [0.2, 0.25) is 0 Å². The first-order valence-corrected chi connectivity index (χ1v) is 10.5. The molecule has 0 radical (unpaired) electrons. The van der Waals surface area contributed by atoms with Gasteiger partial charge in [0.1, 0.15) is 0 Å². The Balaban J connectivity index is 1.48. The molecular weight excluding hydrogens is 368 g/mol. The highest BCUT2D eigenvalue weighted by atomic mass is 32.2. The van der Waals surface area contributed by atoms with Gasteiger partial charge in [0.25, 0.3) is 5.91 Å². The lowest BCUT2D eigenvalue weighted by Gasteiger charge is -2.21. The minimum atomic E-state index is -3.34. The SMILES string of the molecule is C[C@H]1Cc2cc(C(=O)NCc3ccc4c(c3)OCO4)ccc2N1S(C)(=O)=O. The zero-order valence-electron chi connectivity index (χ0n) is 15.1.